The van der Waals surface area contributed by atoms with Gasteiger partial charge in [0.05, 0.1) is 5.02 Å². The fraction of sp³-hybridized carbons (Fsp3) is 0.455. The summed E-state index contributed by atoms with van der Waals surface area (Å²) >= 11 is 5.89. The molecule has 3 N–H and O–H groups in total. The SMILES string of the molecule is CC(CN(C)C)NS(=O)(=O)c1ccc(N)cc1Cl. The molecule has 0 heterocycles. The van der Waals surface area contributed by atoms with Crippen molar-refractivity contribution in [3.8, 4) is 0 Å². The third-order valence-corrected chi connectivity index (χ3v) is 4.31. The van der Waals surface area contributed by atoms with E-state index in [4.69, 9.17) is 17.3 Å². The normalized spacial score (nSPS) is 13.8. The van der Waals surface area contributed by atoms with Crippen molar-refractivity contribution < 1.29 is 8.42 Å². The van der Waals surface area contributed by atoms with Gasteiger partial charge in [0.2, 0.25) is 10.0 Å². The van der Waals surface area contributed by atoms with Crippen LogP contribution in [0.3, 0.4) is 0 Å². The van der Waals surface area contributed by atoms with E-state index in [1.165, 1.54) is 18.2 Å². The lowest BCUT2D eigenvalue weighted by molar-refractivity contribution is 0.370. The number of nitrogen functional groups attached to an aromatic ring is 1. The average molecular weight is 292 g/mol. The molecule has 102 valence electrons. The van der Waals surface area contributed by atoms with Crippen LogP contribution >= 0.6 is 11.6 Å². The van der Waals surface area contributed by atoms with Gasteiger partial charge < -0.3 is 10.6 Å². The first-order valence-electron chi connectivity index (χ1n) is 5.44. The van der Waals surface area contributed by atoms with Crippen LogP contribution in [0.15, 0.2) is 23.1 Å². The van der Waals surface area contributed by atoms with Gasteiger partial charge in [-0.05, 0) is 39.2 Å². The molecule has 0 aliphatic carbocycles. The van der Waals surface area contributed by atoms with Crippen molar-refractivity contribution in [2.24, 2.45) is 0 Å². The lowest BCUT2D eigenvalue weighted by Crippen LogP contribution is -2.39. The Balaban J connectivity index is 2.93. The Kier molecular flexibility index (Phi) is 4.98. The van der Waals surface area contributed by atoms with E-state index in [1.54, 1.807) is 6.92 Å². The fourth-order valence-electron chi connectivity index (χ4n) is 1.65. The zero-order valence-electron chi connectivity index (χ0n) is 10.6. The molecule has 0 spiro atoms. The number of hydrogen-bond donors (Lipinski definition) is 2. The van der Waals surface area contributed by atoms with Gasteiger partial charge >= 0.3 is 0 Å². The smallest absolute Gasteiger partial charge is 0.242 e. The molecule has 0 saturated carbocycles. The number of nitrogens with one attached hydrogen (secondary N) is 1. The number of hydrogen-bond acceptors (Lipinski definition) is 4. The molecule has 0 bridgehead atoms. The number of rotatable bonds is 5. The molecule has 0 aromatic heterocycles. The second-order valence-corrected chi connectivity index (χ2v) is 6.56. The molecule has 5 nitrogen and oxygen atoms in total. The van der Waals surface area contributed by atoms with Crippen LogP contribution < -0.4 is 10.5 Å². The summed E-state index contributed by atoms with van der Waals surface area (Å²) in [5.74, 6) is 0. The molecule has 0 radical (unpaired) electrons. The van der Waals surface area contributed by atoms with Crippen LogP contribution in [0.4, 0.5) is 5.69 Å². The fourth-order valence-corrected chi connectivity index (χ4v) is 3.44. The van der Waals surface area contributed by atoms with E-state index in [0.717, 1.165) is 0 Å². The van der Waals surface area contributed by atoms with Gasteiger partial charge in [-0.1, -0.05) is 11.6 Å². The first-order valence-corrected chi connectivity index (χ1v) is 7.30. The Morgan fingerprint density at radius 2 is 2.06 bits per heavy atom. The van der Waals surface area contributed by atoms with E-state index in [0.29, 0.717) is 12.2 Å². The summed E-state index contributed by atoms with van der Waals surface area (Å²) in [6.07, 6.45) is 0. The number of nitrogens with zero attached hydrogens (tertiary/aromatic N) is 1. The second kappa shape index (κ2) is 5.88. The standard InChI is InChI=1S/C11H18ClN3O2S/c1-8(7-15(2)3)14-18(16,17)11-5-4-9(13)6-10(11)12/h4-6,8,14H,7,13H2,1-3H3. The maximum Gasteiger partial charge on any atom is 0.242 e. The van der Waals surface area contributed by atoms with Gasteiger partial charge in [0.15, 0.2) is 0 Å². The maximum atomic E-state index is 12.1. The minimum absolute atomic E-state index is 0.0453. The minimum atomic E-state index is -3.62. The van der Waals surface area contributed by atoms with Crippen molar-refractivity contribution in [2.45, 2.75) is 17.9 Å². The topological polar surface area (TPSA) is 75.4 Å². The Labute approximate surface area is 113 Å². The average Bonchev–Trinajstić information content (AvgIpc) is 2.13. The largest absolute Gasteiger partial charge is 0.399 e. The summed E-state index contributed by atoms with van der Waals surface area (Å²) in [6, 6.07) is 4.13. The molecule has 7 heteroatoms. The second-order valence-electron chi connectivity index (χ2n) is 4.47. The zero-order valence-corrected chi connectivity index (χ0v) is 12.2. The molecule has 1 rings (SSSR count). The number of likely N-dealkylation sites (N-methyl/N-ethyl adjacent to an activating group) is 1. The lowest BCUT2D eigenvalue weighted by atomic mass is 10.3. The molecule has 0 fully saturated rings. The van der Waals surface area contributed by atoms with Crippen molar-refractivity contribution in [1.29, 1.82) is 0 Å². The number of nitrogens with two attached hydrogens (primary N) is 1. The van der Waals surface area contributed by atoms with Crippen molar-refractivity contribution >= 4 is 27.3 Å². The monoisotopic (exact) mass is 291 g/mol. The van der Waals surface area contributed by atoms with E-state index in [-0.39, 0.29) is 16.0 Å². The molecule has 18 heavy (non-hydrogen) atoms. The van der Waals surface area contributed by atoms with Gasteiger partial charge in [0.25, 0.3) is 0 Å². The Bertz CT molecular complexity index is 517. The van der Waals surface area contributed by atoms with Crippen molar-refractivity contribution in [1.82, 2.24) is 9.62 Å². The third-order valence-electron chi connectivity index (χ3n) is 2.24. The molecule has 1 unspecified atom stereocenters. The van der Waals surface area contributed by atoms with Crippen LogP contribution in [0, 0.1) is 0 Å². The summed E-state index contributed by atoms with van der Waals surface area (Å²) in [6.45, 7) is 2.40. The minimum Gasteiger partial charge on any atom is -0.399 e. The Morgan fingerprint density at radius 1 is 1.44 bits per heavy atom. The highest BCUT2D eigenvalue weighted by molar-refractivity contribution is 7.89. The molecule has 1 aromatic carbocycles. The molecular formula is C11H18ClN3O2S. The van der Waals surface area contributed by atoms with Crippen molar-refractivity contribution in [3.05, 3.63) is 23.2 Å². The van der Waals surface area contributed by atoms with Crippen LogP contribution in [0.2, 0.25) is 5.02 Å². The predicted octanol–water partition coefficient (Wildman–Crippen LogP) is 1.15. The molecule has 0 amide bonds. The quantitative estimate of drug-likeness (QED) is 0.798. The first kappa shape index (κ1) is 15.2. The van der Waals surface area contributed by atoms with Gasteiger partial charge in [-0.15, -0.1) is 0 Å². The van der Waals surface area contributed by atoms with Crippen molar-refractivity contribution in [3.63, 3.8) is 0 Å². The Hall–Kier alpha value is -0.820. The van der Waals surface area contributed by atoms with Crippen molar-refractivity contribution in [2.75, 3.05) is 26.4 Å². The van der Waals surface area contributed by atoms with Crippen LogP contribution in [0.25, 0.3) is 0 Å². The molecular weight excluding hydrogens is 274 g/mol. The molecule has 0 aliphatic heterocycles. The van der Waals surface area contributed by atoms with Gasteiger partial charge in [-0.25, -0.2) is 13.1 Å². The van der Waals surface area contributed by atoms with Crippen LogP contribution in [0.1, 0.15) is 6.92 Å². The summed E-state index contributed by atoms with van der Waals surface area (Å²) in [5, 5.41) is 0.125. The third kappa shape index (κ3) is 4.13. The number of halogens is 1. The van der Waals surface area contributed by atoms with Crippen LogP contribution in [0.5, 0.6) is 0 Å². The van der Waals surface area contributed by atoms with Gasteiger partial charge in [-0.3, -0.25) is 0 Å². The highest BCUT2D eigenvalue weighted by Gasteiger charge is 2.20. The number of benzene rings is 1. The first-order chi connectivity index (χ1) is 8.22. The summed E-state index contributed by atoms with van der Waals surface area (Å²) < 4.78 is 26.8. The maximum absolute atomic E-state index is 12.1. The molecule has 0 saturated heterocycles. The number of anilines is 1. The van der Waals surface area contributed by atoms with E-state index in [9.17, 15) is 8.42 Å². The van der Waals surface area contributed by atoms with Crippen LogP contribution in [-0.2, 0) is 10.0 Å². The lowest BCUT2D eigenvalue weighted by Gasteiger charge is -2.18. The predicted molar refractivity (Wildman–Crippen MR) is 74.2 cm³/mol. The number of sulfonamides is 1. The summed E-state index contributed by atoms with van der Waals surface area (Å²) in [4.78, 5) is 1.95. The van der Waals surface area contributed by atoms with E-state index in [1.807, 2.05) is 19.0 Å². The van der Waals surface area contributed by atoms with Crippen LogP contribution in [-0.4, -0.2) is 40.0 Å². The summed E-state index contributed by atoms with van der Waals surface area (Å²) in [7, 11) is 0.135. The molecule has 1 aromatic rings. The summed E-state index contributed by atoms with van der Waals surface area (Å²) in [5.41, 5.74) is 5.96. The highest BCUT2D eigenvalue weighted by Crippen LogP contribution is 2.23. The van der Waals surface area contributed by atoms with E-state index >= 15 is 0 Å². The van der Waals surface area contributed by atoms with E-state index < -0.39 is 10.0 Å². The van der Waals surface area contributed by atoms with E-state index in [2.05, 4.69) is 4.72 Å². The zero-order chi connectivity index (χ0) is 13.9. The van der Waals surface area contributed by atoms with Gasteiger partial charge in [0.1, 0.15) is 4.90 Å². The highest BCUT2D eigenvalue weighted by atomic mass is 35.5. The van der Waals surface area contributed by atoms with Gasteiger partial charge in [0, 0.05) is 18.3 Å². The molecule has 0 aliphatic rings. The molecule has 1 atom stereocenters. The van der Waals surface area contributed by atoms with Gasteiger partial charge in [-0.2, -0.15) is 0 Å². The Morgan fingerprint density at radius 3 is 2.56 bits per heavy atom.